The average molecular weight is 331 g/mol. The van der Waals surface area contributed by atoms with Gasteiger partial charge in [0.1, 0.15) is 27.5 Å². The van der Waals surface area contributed by atoms with Gasteiger partial charge in [-0.1, -0.05) is 6.07 Å². The Labute approximate surface area is 130 Å². The van der Waals surface area contributed by atoms with Crippen LogP contribution in [-0.2, 0) is 9.84 Å². The van der Waals surface area contributed by atoms with E-state index >= 15 is 0 Å². The van der Waals surface area contributed by atoms with Crippen molar-refractivity contribution in [2.24, 2.45) is 4.99 Å². The molecule has 0 amide bonds. The van der Waals surface area contributed by atoms with Gasteiger partial charge in [-0.3, -0.25) is 4.99 Å². The van der Waals surface area contributed by atoms with Gasteiger partial charge in [0.15, 0.2) is 5.96 Å². The maximum Gasteiger partial charge on any atom is 0.191 e. The Morgan fingerprint density at radius 2 is 2.14 bits per heavy atom. The van der Waals surface area contributed by atoms with E-state index in [9.17, 15) is 12.8 Å². The van der Waals surface area contributed by atoms with Crippen LogP contribution in [0.15, 0.2) is 29.3 Å². The lowest BCUT2D eigenvalue weighted by atomic mass is 10.3. The molecule has 6 nitrogen and oxygen atoms in total. The van der Waals surface area contributed by atoms with Gasteiger partial charge in [0.2, 0.25) is 0 Å². The molecule has 22 heavy (non-hydrogen) atoms. The van der Waals surface area contributed by atoms with E-state index in [1.807, 2.05) is 6.92 Å². The third-order valence-corrected chi connectivity index (χ3v) is 3.62. The lowest BCUT2D eigenvalue weighted by Gasteiger charge is -2.17. The Bertz CT molecular complexity index is 605. The first kappa shape index (κ1) is 18.2. The van der Waals surface area contributed by atoms with Crippen LogP contribution in [-0.4, -0.2) is 52.6 Å². The Morgan fingerprint density at radius 3 is 2.73 bits per heavy atom. The molecule has 124 valence electrons. The summed E-state index contributed by atoms with van der Waals surface area (Å²) < 4.78 is 40.7. The van der Waals surface area contributed by atoms with Crippen LogP contribution in [0, 0.1) is 5.82 Å². The van der Waals surface area contributed by atoms with Gasteiger partial charge >= 0.3 is 0 Å². The van der Waals surface area contributed by atoms with Crippen molar-refractivity contribution >= 4 is 15.8 Å². The van der Waals surface area contributed by atoms with Gasteiger partial charge in [-0.15, -0.1) is 0 Å². The van der Waals surface area contributed by atoms with Crippen molar-refractivity contribution in [2.75, 3.05) is 32.1 Å². The fourth-order valence-electron chi connectivity index (χ4n) is 1.63. The minimum absolute atomic E-state index is 0.0308. The molecule has 1 aromatic rings. The number of hydrogen-bond acceptors (Lipinski definition) is 4. The second kappa shape index (κ2) is 8.57. The molecule has 0 aliphatic carbocycles. The molecule has 0 radical (unpaired) electrons. The highest BCUT2D eigenvalue weighted by atomic mass is 32.2. The van der Waals surface area contributed by atoms with E-state index in [-0.39, 0.29) is 24.2 Å². The third-order valence-electron chi connectivity index (χ3n) is 2.68. The van der Waals surface area contributed by atoms with Crippen LogP contribution in [0.2, 0.25) is 0 Å². The largest absolute Gasteiger partial charge is 0.489 e. The number of hydrogen-bond donors (Lipinski definition) is 2. The lowest BCUT2D eigenvalue weighted by Crippen LogP contribution is -2.43. The first-order chi connectivity index (χ1) is 10.3. The van der Waals surface area contributed by atoms with Crippen molar-refractivity contribution in [3.63, 3.8) is 0 Å². The molecule has 0 saturated carbocycles. The maximum absolute atomic E-state index is 13.0. The van der Waals surface area contributed by atoms with E-state index in [1.165, 1.54) is 18.4 Å². The van der Waals surface area contributed by atoms with Gasteiger partial charge in [-0.25, -0.2) is 12.8 Å². The van der Waals surface area contributed by atoms with Gasteiger partial charge in [0.05, 0.1) is 12.3 Å². The zero-order valence-corrected chi connectivity index (χ0v) is 13.8. The lowest BCUT2D eigenvalue weighted by molar-refractivity contribution is 0.223. The van der Waals surface area contributed by atoms with Crippen molar-refractivity contribution in [1.29, 1.82) is 0 Å². The van der Waals surface area contributed by atoms with E-state index in [0.29, 0.717) is 18.3 Å². The Balaban J connectivity index is 2.36. The quantitative estimate of drug-likeness (QED) is 0.571. The van der Waals surface area contributed by atoms with Gasteiger partial charge in [-0.05, 0) is 19.1 Å². The SMILES string of the molecule is CN=C(NCCS(C)(=O)=O)NCC(C)Oc1cccc(F)c1. The Kier molecular flexibility index (Phi) is 7.10. The van der Waals surface area contributed by atoms with Crippen LogP contribution in [0.5, 0.6) is 5.75 Å². The van der Waals surface area contributed by atoms with Gasteiger partial charge in [-0.2, -0.15) is 0 Å². The fraction of sp³-hybridized carbons (Fsp3) is 0.500. The van der Waals surface area contributed by atoms with Gasteiger partial charge < -0.3 is 15.4 Å². The molecule has 0 heterocycles. The number of nitrogens with one attached hydrogen (secondary N) is 2. The Hall–Kier alpha value is -1.83. The average Bonchev–Trinajstić information content (AvgIpc) is 2.41. The van der Waals surface area contributed by atoms with Crippen LogP contribution in [0.4, 0.5) is 4.39 Å². The van der Waals surface area contributed by atoms with Crippen LogP contribution >= 0.6 is 0 Å². The highest BCUT2D eigenvalue weighted by molar-refractivity contribution is 7.90. The van der Waals surface area contributed by atoms with Gasteiger partial charge in [0, 0.05) is 25.9 Å². The highest BCUT2D eigenvalue weighted by Gasteiger charge is 2.07. The van der Waals surface area contributed by atoms with Crippen LogP contribution < -0.4 is 15.4 Å². The summed E-state index contributed by atoms with van der Waals surface area (Å²) in [5.74, 6) is 0.617. The number of halogens is 1. The summed E-state index contributed by atoms with van der Waals surface area (Å²) >= 11 is 0. The number of rotatable bonds is 7. The molecule has 1 atom stereocenters. The summed E-state index contributed by atoms with van der Waals surface area (Å²) in [6, 6.07) is 5.92. The highest BCUT2D eigenvalue weighted by Crippen LogP contribution is 2.13. The first-order valence-corrected chi connectivity index (χ1v) is 8.90. The minimum Gasteiger partial charge on any atom is -0.489 e. The molecule has 2 N–H and O–H groups in total. The smallest absolute Gasteiger partial charge is 0.191 e. The summed E-state index contributed by atoms with van der Waals surface area (Å²) in [5.41, 5.74) is 0. The van der Waals surface area contributed by atoms with Crippen molar-refractivity contribution in [2.45, 2.75) is 13.0 Å². The topological polar surface area (TPSA) is 79.8 Å². The molecule has 0 aliphatic heterocycles. The fourth-order valence-corrected chi connectivity index (χ4v) is 2.10. The van der Waals surface area contributed by atoms with Gasteiger partial charge in [0.25, 0.3) is 0 Å². The predicted octanol–water partition coefficient (Wildman–Crippen LogP) is 0.803. The molecule has 1 unspecified atom stereocenters. The van der Waals surface area contributed by atoms with E-state index in [1.54, 1.807) is 19.2 Å². The van der Waals surface area contributed by atoms with Crippen LogP contribution in [0.25, 0.3) is 0 Å². The van der Waals surface area contributed by atoms with E-state index in [0.717, 1.165) is 0 Å². The molecule has 0 spiro atoms. The zero-order chi connectivity index (χ0) is 16.6. The third kappa shape index (κ3) is 7.82. The zero-order valence-electron chi connectivity index (χ0n) is 13.0. The predicted molar refractivity (Wildman–Crippen MR) is 85.6 cm³/mol. The molecule has 1 rings (SSSR count). The number of guanidine groups is 1. The number of ether oxygens (including phenoxy) is 1. The maximum atomic E-state index is 13.0. The molecule has 0 saturated heterocycles. The second-order valence-electron chi connectivity index (χ2n) is 4.90. The standard InChI is InChI=1S/C14H22FN3O3S/c1-11(21-13-6-4-5-12(15)9-13)10-18-14(16-2)17-7-8-22(3,19)20/h4-6,9,11H,7-8,10H2,1-3H3,(H2,16,17,18). The van der Waals surface area contributed by atoms with E-state index in [4.69, 9.17) is 4.74 Å². The number of sulfone groups is 1. The van der Waals surface area contributed by atoms with E-state index < -0.39 is 9.84 Å². The monoisotopic (exact) mass is 331 g/mol. The molecule has 8 heteroatoms. The molecule has 0 aliphatic rings. The Morgan fingerprint density at radius 1 is 1.41 bits per heavy atom. The summed E-state index contributed by atoms with van der Waals surface area (Å²) in [5, 5.41) is 5.91. The minimum atomic E-state index is -3.01. The number of nitrogens with zero attached hydrogens (tertiary/aromatic N) is 1. The molecule has 0 fully saturated rings. The molecular formula is C14H22FN3O3S. The van der Waals surface area contributed by atoms with E-state index in [2.05, 4.69) is 15.6 Å². The molecular weight excluding hydrogens is 309 g/mol. The molecule has 0 bridgehead atoms. The van der Waals surface area contributed by atoms with Crippen molar-refractivity contribution < 1.29 is 17.5 Å². The van der Waals surface area contributed by atoms with Crippen LogP contribution in [0.3, 0.4) is 0 Å². The van der Waals surface area contributed by atoms with Crippen LogP contribution in [0.1, 0.15) is 6.92 Å². The normalized spacial score (nSPS) is 13.5. The number of aliphatic imine (C=N–C) groups is 1. The molecule has 1 aromatic carbocycles. The summed E-state index contributed by atoms with van der Waals surface area (Å²) in [6.07, 6.45) is 0.968. The second-order valence-corrected chi connectivity index (χ2v) is 7.16. The summed E-state index contributed by atoms with van der Waals surface area (Å²) in [6.45, 7) is 2.55. The summed E-state index contributed by atoms with van der Waals surface area (Å²) in [7, 11) is -1.42. The van der Waals surface area contributed by atoms with Crippen molar-refractivity contribution in [3.8, 4) is 5.75 Å². The molecule has 0 aromatic heterocycles. The number of benzene rings is 1. The first-order valence-electron chi connectivity index (χ1n) is 6.84. The van der Waals surface area contributed by atoms with Crippen molar-refractivity contribution in [3.05, 3.63) is 30.1 Å². The summed E-state index contributed by atoms with van der Waals surface area (Å²) in [4.78, 5) is 3.98. The van der Waals surface area contributed by atoms with Crippen molar-refractivity contribution in [1.82, 2.24) is 10.6 Å².